The van der Waals surface area contributed by atoms with Crippen LogP contribution in [0, 0.1) is 0 Å². The molecule has 0 aromatic rings. The van der Waals surface area contributed by atoms with Gasteiger partial charge in [0.25, 0.3) is 0 Å². The number of nitrogens with two attached hydrogens (primary N) is 1. The van der Waals surface area contributed by atoms with Crippen LogP contribution >= 0.6 is 15.9 Å². The van der Waals surface area contributed by atoms with Crippen molar-refractivity contribution in [1.29, 1.82) is 0 Å². The minimum atomic E-state index is -3.35. The molecule has 0 aliphatic rings. The van der Waals surface area contributed by atoms with Crippen molar-refractivity contribution in [2.75, 3.05) is 0 Å². The van der Waals surface area contributed by atoms with Gasteiger partial charge in [0.15, 0.2) is 0 Å². The third-order valence-corrected chi connectivity index (χ3v) is 3.33. The molecule has 0 saturated carbocycles. The van der Waals surface area contributed by atoms with E-state index in [1.54, 1.807) is 0 Å². The Kier molecular flexibility index (Phi) is 8.35. The Hall–Kier alpha value is -0.690. The zero-order chi connectivity index (χ0) is 14.3. The number of halogens is 2. The maximum Gasteiger partial charge on any atom is 0.364 e. The Morgan fingerprint density at radius 3 is 1.35 bits per heavy atom. The molecule has 0 heterocycles. The molecule has 0 radical (unpaired) electrons. The van der Waals surface area contributed by atoms with Gasteiger partial charge in [-0.25, -0.2) is 14.0 Å². The van der Waals surface area contributed by atoms with Gasteiger partial charge >= 0.3 is 16.5 Å². The first-order chi connectivity index (χ1) is 7.57. The van der Waals surface area contributed by atoms with Gasteiger partial charge in [-0.15, -0.1) is 0 Å². The number of carbonyl (C=O) groups is 2. The average Bonchev–Trinajstić information content (AvgIpc) is 2.28. The first-order valence-electron chi connectivity index (χ1n) is 5.20. The molecule has 0 aliphatic heterocycles. The van der Waals surface area contributed by atoms with Crippen LogP contribution < -0.4 is 5.73 Å². The lowest BCUT2D eigenvalue weighted by Gasteiger charge is -2.23. The molecule has 0 atom stereocenters. The summed E-state index contributed by atoms with van der Waals surface area (Å²) >= 11 is 1.84. The van der Waals surface area contributed by atoms with E-state index in [-0.39, 0.29) is 5.54 Å². The first kappa shape index (κ1) is 18.7. The second-order valence-electron chi connectivity index (χ2n) is 3.61. The summed E-state index contributed by atoms with van der Waals surface area (Å²) in [4.78, 5) is 19.3. The average molecular weight is 316 g/mol. The minimum absolute atomic E-state index is 0.125. The Bertz CT molecular complexity index is 243. The predicted molar refractivity (Wildman–Crippen MR) is 65.8 cm³/mol. The smallest absolute Gasteiger partial charge is 0.364 e. The zero-order valence-electron chi connectivity index (χ0n) is 10.2. The number of alkyl halides is 2. The number of carboxylic acid groups (broad SMARTS) is 2. The molecule has 7 heteroatoms. The number of hydrogen-bond acceptors (Lipinski definition) is 3. The predicted octanol–water partition coefficient (Wildman–Crippen LogP) is 2.13. The molecule has 0 bridgehead atoms. The Labute approximate surface area is 108 Å². The molecule has 0 amide bonds. The van der Waals surface area contributed by atoms with E-state index in [1.165, 1.54) is 0 Å². The van der Waals surface area contributed by atoms with Crippen molar-refractivity contribution in [2.45, 2.75) is 50.2 Å². The Balaban J connectivity index is 0. The van der Waals surface area contributed by atoms with Gasteiger partial charge < -0.3 is 15.9 Å². The van der Waals surface area contributed by atoms with Crippen molar-refractivity contribution >= 4 is 27.9 Å². The summed E-state index contributed by atoms with van der Waals surface area (Å²) in [6.45, 7) is 6.44. The highest BCUT2D eigenvalue weighted by atomic mass is 79.9. The van der Waals surface area contributed by atoms with E-state index in [1.807, 2.05) is 15.9 Å². The van der Waals surface area contributed by atoms with Crippen LogP contribution in [0.2, 0.25) is 0 Å². The van der Waals surface area contributed by atoms with Crippen LogP contribution in [0.15, 0.2) is 0 Å². The summed E-state index contributed by atoms with van der Waals surface area (Å²) in [6, 6.07) is 0. The summed E-state index contributed by atoms with van der Waals surface area (Å²) in [7, 11) is 0. The van der Waals surface area contributed by atoms with Crippen molar-refractivity contribution < 1.29 is 24.2 Å². The van der Waals surface area contributed by atoms with Gasteiger partial charge in [-0.2, -0.15) is 0 Å². The van der Waals surface area contributed by atoms with Gasteiger partial charge in [-0.05, 0) is 35.2 Å². The second-order valence-corrected chi connectivity index (χ2v) is 4.70. The van der Waals surface area contributed by atoms with Crippen molar-refractivity contribution in [1.82, 2.24) is 0 Å². The zero-order valence-corrected chi connectivity index (χ0v) is 11.8. The van der Waals surface area contributed by atoms with Crippen LogP contribution in [0.3, 0.4) is 0 Å². The molecule has 0 rings (SSSR count). The third kappa shape index (κ3) is 6.58. The summed E-state index contributed by atoms with van der Waals surface area (Å²) in [5.74, 6) is -4.15. The van der Waals surface area contributed by atoms with E-state index < -0.39 is 16.5 Å². The fraction of sp³-hybridized carbons (Fsp3) is 0.800. The SMILES string of the molecule is CCC(N)(CC)CC.O=C(O)C(F)(Br)C(=O)O. The largest absolute Gasteiger partial charge is 0.478 e. The molecular formula is C10H19BrFNO4. The van der Waals surface area contributed by atoms with Crippen LogP contribution in [-0.2, 0) is 9.59 Å². The Morgan fingerprint density at radius 2 is 1.35 bits per heavy atom. The number of carboxylic acids is 2. The van der Waals surface area contributed by atoms with Gasteiger partial charge in [0.2, 0.25) is 0 Å². The second kappa shape index (κ2) is 7.60. The molecule has 5 nitrogen and oxygen atoms in total. The highest BCUT2D eigenvalue weighted by molar-refractivity contribution is 9.10. The third-order valence-electron chi connectivity index (χ3n) is 2.65. The maximum atomic E-state index is 12.1. The molecule has 0 aromatic heterocycles. The maximum absolute atomic E-state index is 12.1. The molecule has 0 saturated heterocycles. The molecule has 0 aliphatic carbocycles. The molecule has 4 N–H and O–H groups in total. The van der Waals surface area contributed by atoms with E-state index in [9.17, 15) is 14.0 Å². The molecular weight excluding hydrogens is 297 g/mol. The molecule has 0 spiro atoms. The summed E-state index contributed by atoms with van der Waals surface area (Å²) in [5, 5.41) is 15.6. The van der Waals surface area contributed by atoms with E-state index in [0.29, 0.717) is 0 Å². The summed E-state index contributed by atoms with van der Waals surface area (Å²) in [6.07, 6.45) is 3.29. The van der Waals surface area contributed by atoms with Crippen LogP contribution in [0.5, 0.6) is 0 Å². The van der Waals surface area contributed by atoms with Crippen LogP contribution in [0.1, 0.15) is 40.0 Å². The molecule has 17 heavy (non-hydrogen) atoms. The number of rotatable bonds is 5. The van der Waals surface area contributed by atoms with E-state index in [4.69, 9.17) is 15.9 Å². The monoisotopic (exact) mass is 315 g/mol. The highest BCUT2D eigenvalue weighted by Crippen LogP contribution is 2.19. The van der Waals surface area contributed by atoms with Gasteiger partial charge in [0.1, 0.15) is 0 Å². The van der Waals surface area contributed by atoms with Crippen LogP contribution in [-0.4, -0.2) is 32.3 Å². The molecule has 0 fully saturated rings. The van der Waals surface area contributed by atoms with E-state index >= 15 is 0 Å². The van der Waals surface area contributed by atoms with Gasteiger partial charge in [0.05, 0.1) is 0 Å². The van der Waals surface area contributed by atoms with Gasteiger partial charge in [-0.1, -0.05) is 20.8 Å². The number of aliphatic carboxylic acids is 2. The standard InChI is InChI=1S/C7H17N.C3H2BrFO4/c1-4-7(8,5-2)6-3;4-3(5,1(6)7)2(8)9/h4-6,8H2,1-3H3;(H,6,7)(H,8,9). The van der Waals surface area contributed by atoms with Gasteiger partial charge in [-0.3, -0.25) is 0 Å². The minimum Gasteiger partial charge on any atom is -0.478 e. The number of hydrogen-bond donors (Lipinski definition) is 3. The summed E-state index contributed by atoms with van der Waals surface area (Å²) < 4.78 is 8.70. The van der Waals surface area contributed by atoms with Crippen LogP contribution in [0.25, 0.3) is 0 Å². The molecule has 102 valence electrons. The lowest BCUT2D eigenvalue weighted by Crippen LogP contribution is -2.37. The lowest BCUT2D eigenvalue weighted by molar-refractivity contribution is -0.158. The fourth-order valence-corrected chi connectivity index (χ4v) is 0.841. The normalized spacial score (nSPS) is 11.4. The van der Waals surface area contributed by atoms with Crippen molar-refractivity contribution in [3.8, 4) is 0 Å². The van der Waals surface area contributed by atoms with Crippen molar-refractivity contribution in [3.63, 3.8) is 0 Å². The first-order valence-corrected chi connectivity index (χ1v) is 6.00. The van der Waals surface area contributed by atoms with Crippen molar-refractivity contribution in [2.24, 2.45) is 5.73 Å². The van der Waals surface area contributed by atoms with Crippen molar-refractivity contribution in [3.05, 3.63) is 0 Å². The fourth-order valence-electron chi connectivity index (χ4n) is 0.841. The molecule has 0 unspecified atom stereocenters. The van der Waals surface area contributed by atoms with Gasteiger partial charge in [0, 0.05) is 5.54 Å². The van der Waals surface area contributed by atoms with E-state index in [0.717, 1.165) is 19.3 Å². The highest BCUT2D eigenvalue weighted by Gasteiger charge is 2.44. The quantitative estimate of drug-likeness (QED) is 0.533. The summed E-state index contributed by atoms with van der Waals surface area (Å²) in [5.41, 5.74) is 6.02. The topological polar surface area (TPSA) is 101 Å². The Morgan fingerprint density at radius 1 is 1.12 bits per heavy atom. The lowest BCUT2D eigenvalue weighted by atomic mass is 9.92. The van der Waals surface area contributed by atoms with Crippen LogP contribution in [0.4, 0.5) is 4.39 Å². The molecule has 0 aromatic carbocycles. The van der Waals surface area contributed by atoms with E-state index in [2.05, 4.69) is 20.8 Å².